The van der Waals surface area contributed by atoms with Crippen LogP contribution in [-0.2, 0) is 0 Å². The zero-order valence-electron chi connectivity index (χ0n) is 17.1. The molecule has 3 aromatic rings. The number of hydrogen-bond donors (Lipinski definition) is 1. The Kier molecular flexibility index (Phi) is 6.55. The van der Waals surface area contributed by atoms with Crippen molar-refractivity contribution < 1.29 is 23.0 Å². The van der Waals surface area contributed by atoms with Gasteiger partial charge in [0.15, 0.2) is 11.5 Å². The molecular formula is C23H21F2N3O3S. The van der Waals surface area contributed by atoms with Crippen molar-refractivity contribution >= 4 is 17.0 Å². The van der Waals surface area contributed by atoms with Gasteiger partial charge in [-0.3, -0.25) is 10.4 Å². The molecule has 1 N–H and O–H groups in total. The largest absolute Gasteiger partial charge is 0.486 e. The van der Waals surface area contributed by atoms with Gasteiger partial charge in [0.2, 0.25) is 4.80 Å². The van der Waals surface area contributed by atoms with E-state index in [9.17, 15) is 8.78 Å². The number of benzene rings is 2. The van der Waals surface area contributed by atoms with Crippen LogP contribution < -0.4 is 24.4 Å². The average Bonchev–Trinajstić information content (AvgIpc) is 3.19. The summed E-state index contributed by atoms with van der Waals surface area (Å²) in [5.74, 6) is 1.46. The summed E-state index contributed by atoms with van der Waals surface area (Å²) in [7, 11) is 0. The van der Waals surface area contributed by atoms with Gasteiger partial charge in [-0.2, -0.15) is 8.78 Å². The lowest BCUT2D eigenvalue weighted by atomic mass is 10.1. The smallest absolute Gasteiger partial charge is 0.387 e. The molecular weight excluding hydrogens is 436 g/mol. The summed E-state index contributed by atoms with van der Waals surface area (Å²) in [6.07, 6.45) is 1.70. The Morgan fingerprint density at radius 3 is 2.66 bits per heavy atom. The number of nitrogens with one attached hydrogen (secondary N) is 1. The molecule has 0 saturated heterocycles. The van der Waals surface area contributed by atoms with Gasteiger partial charge in [-0.05, 0) is 42.5 Å². The molecule has 0 bridgehead atoms. The average molecular weight is 458 g/mol. The fourth-order valence-electron chi connectivity index (χ4n) is 3.11. The van der Waals surface area contributed by atoms with Gasteiger partial charge in [0, 0.05) is 16.5 Å². The van der Waals surface area contributed by atoms with Crippen molar-refractivity contribution in [1.82, 2.24) is 4.68 Å². The Labute approximate surface area is 187 Å². The number of thiazole rings is 1. The first-order chi connectivity index (χ1) is 15.5. The molecule has 4 rings (SSSR count). The quantitative estimate of drug-likeness (QED) is 0.490. The van der Waals surface area contributed by atoms with Crippen LogP contribution in [0.25, 0.3) is 17.0 Å². The summed E-state index contributed by atoms with van der Waals surface area (Å²) >= 11 is 1.43. The van der Waals surface area contributed by atoms with E-state index in [1.807, 2.05) is 23.6 Å². The van der Waals surface area contributed by atoms with Crippen molar-refractivity contribution in [3.63, 3.8) is 0 Å². The van der Waals surface area contributed by atoms with E-state index in [4.69, 9.17) is 9.47 Å². The summed E-state index contributed by atoms with van der Waals surface area (Å²) in [6, 6.07) is 12.0. The second-order valence-corrected chi connectivity index (χ2v) is 7.56. The van der Waals surface area contributed by atoms with E-state index in [0.29, 0.717) is 41.8 Å². The van der Waals surface area contributed by atoms with Crippen molar-refractivity contribution in [2.45, 2.75) is 6.61 Å². The second-order valence-electron chi connectivity index (χ2n) is 6.72. The fraction of sp³-hybridized carbons (Fsp3) is 0.174. The van der Waals surface area contributed by atoms with Crippen LogP contribution in [0.1, 0.15) is 5.56 Å². The number of alkyl halides is 2. The molecule has 2 aromatic carbocycles. The third kappa shape index (κ3) is 4.83. The van der Waals surface area contributed by atoms with Crippen LogP contribution in [0.5, 0.6) is 17.2 Å². The SMILES string of the molecule is C=CCN=c1scc(-c2ccc(OC(F)F)cc2)n1NC(=C)c1ccc2c(c1)OCCO2. The van der Waals surface area contributed by atoms with E-state index in [1.165, 1.54) is 23.5 Å². The molecule has 1 aromatic heterocycles. The lowest BCUT2D eigenvalue weighted by Gasteiger charge is -2.20. The first kappa shape index (κ1) is 21.6. The van der Waals surface area contributed by atoms with Gasteiger partial charge in [-0.25, -0.2) is 4.68 Å². The minimum atomic E-state index is -2.87. The third-order valence-electron chi connectivity index (χ3n) is 4.58. The van der Waals surface area contributed by atoms with E-state index in [0.717, 1.165) is 16.8 Å². The van der Waals surface area contributed by atoms with Gasteiger partial charge in [0.25, 0.3) is 0 Å². The zero-order chi connectivity index (χ0) is 22.5. The monoisotopic (exact) mass is 457 g/mol. The highest BCUT2D eigenvalue weighted by atomic mass is 32.1. The molecule has 2 heterocycles. The van der Waals surface area contributed by atoms with E-state index < -0.39 is 6.61 Å². The number of halogens is 2. The highest BCUT2D eigenvalue weighted by molar-refractivity contribution is 7.07. The molecule has 0 fully saturated rings. The van der Waals surface area contributed by atoms with Crippen molar-refractivity contribution in [3.8, 4) is 28.5 Å². The predicted octanol–water partition coefficient (Wildman–Crippen LogP) is 4.89. The van der Waals surface area contributed by atoms with Crippen molar-refractivity contribution in [1.29, 1.82) is 0 Å². The Bertz CT molecular complexity index is 1190. The first-order valence-corrected chi connectivity index (χ1v) is 10.7. The fourth-order valence-corrected chi connectivity index (χ4v) is 3.97. The molecule has 1 aliphatic rings. The van der Waals surface area contributed by atoms with E-state index >= 15 is 0 Å². The molecule has 6 nitrogen and oxygen atoms in total. The summed E-state index contributed by atoms with van der Waals surface area (Å²) in [5, 5.41) is 1.93. The van der Waals surface area contributed by atoms with Gasteiger partial charge in [0.1, 0.15) is 19.0 Å². The van der Waals surface area contributed by atoms with Crippen LogP contribution in [0.3, 0.4) is 0 Å². The summed E-state index contributed by atoms with van der Waals surface area (Å²) in [4.78, 5) is 5.24. The number of hydrogen-bond acceptors (Lipinski definition) is 6. The van der Waals surface area contributed by atoms with Crippen LogP contribution in [0.4, 0.5) is 8.78 Å². The second kappa shape index (κ2) is 9.69. The first-order valence-electron chi connectivity index (χ1n) is 9.78. The Balaban J connectivity index is 1.65. The van der Waals surface area contributed by atoms with Crippen molar-refractivity contribution in [2.24, 2.45) is 4.99 Å². The van der Waals surface area contributed by atoms with Gasteiger partial charge in [-0.1, -0.05) is 12.7 Å². The maximum absolute atomic E-state index is 12.5. The minimum Gasteiger partial charge on any atom is -0.486 e. The third-order valence-corrected chi connectivity index (χ3v) is 5.44. The number of fused-ring (bicyclic) bond motifs is 1. The number of aromatic nitrogens is 1. The molecule has 0 radical (unpaired) electrons. The van der Waals surface area contributed by atoms with Crippen LogP contribution in [0.2, 0.25) is 0 Å². The molecule has 9 heteroatoms. The van der Waals surface area contributed by atoms with Gasteiger partial charge in [-0.15, -0.1) is 17.9 Å². The van der Waals surface area contributed by atoms with Gasteiger partial charge < -0.3 is 14.2 Å². The molecule has 0 aliphatic carbocycles. The summed E-state index contributed by atoms with van der Waals surface area (Å²) in [5.41, 5.74) is 6.33. The van der Waals surface area contributed by atoms with E-state index in [2.05, 4.69) is 28.3 Å². The molecule has 0 amide bonds. The van der Waals surface area contributed by atoms with Crippen LogP contribution >= 0.6 is 11.3 Å². The molecule has 0 unspecified atom stereocenters. The van der Waals surface area contributed by atoms with Crippen LogP contribution in [0, 0.1) is 0 Å². The highest BCUT2D eigenvalue weighted by Crippen LogP contribution is 2.32. The lowest BCUT2D eigenvalue weighted by molar-refractivity contribution is -0.0498. The highest BCUT2D eigenvalue weighted by Gasteiger charge is 2.15. The number of ether oxygens (including phenoxy) is 3. The van der Waals surface area contributed by atoms with Crippen molar-refractivity contribution in [3.05, 3.63) is 77.4 Å². The van der Waals surface area contributed by atoms with E-state index in [1.54, 1.807) is 22.9 Å². The Morgan fingerprint density at radius 2 is 1.94 bits per heavy atom. The Hall–Kier alpha value is -3.59. The predicted molar refractivity (Wildman–Crippen MR) is 121 cm³/mol. The van der Waals surface area contributed by atoms with Gasteiger partial charge >= 0.3 is 6.61 Å². The maximum atomic E-state index is 12.5. The molecule has 0 atom stereocenters. The number of rotatable bonds is 8. The Morgan fingerprint density at radius 1 is 1.19 bits per heavy atom. The van der Waals surface area contributed by atoms with Gasteiger partial charge in [0.05, 0.1) is 17.9 Å². The minimum absolute atomic E-state index is 0.0933. The van der Waals surface area contributed by atoms with E-state index in [-0.39, 0.29) is 5.75 Å². The zero-order valence-corrected chi connectivity index (χ0v) is 17.9. The number of nitrogens with zero attached hydrogens (tertiary/aromatic N) is 2. The standard InChI is InChI=1S/C23H21F2N3O3S/c1-3-10-26-23-28(19(14-32-23)16-4-7-18(8-5-16)31-22(24)25)27-15(2)17-6-9-20-21(13-17)30-12-11-29-20/h3-9,13-14,22,27H,1-2,10-12H2. The normalized spacial score (nSPS) is 13.2. The van der Waals surface area contributed by atoms with Crippen molar-refractivity contribution in [2.75, 3.05) is 25.2 Å². The summed E-state index contributed by atoms with van der Waals surface area (Å²) in [6.45, 7) is 6.47. The molecule has 32 heavy (non-hydrogen) atoms. The van der Waals surface area contributed by atoms with Crippen LogP contribution in [-0.4, -0.2) is 31.0 Å². The lowest BCUT2D eigenvalue weighted by Crippen LogP contribution is -2.25. The van der Waals surface area contributed by atoms with Crippen LogP contribution in [0.15, 0.2) is 72.1 Å². The molecule has 0 saturated carbocycles. The topological polar surface area (TPSA) is 57.0 Å². The maximum Gasteiger partial charge on any atom is 0.387 e. The summed E-state index contributed by atoms with van der Waals surface area (Å²) < 4.78 is 42.4. The molecule has 166 valence electrons. The molecule has 0 spiro atoms. The molecule has 1 aliphatic heterocycles.